The Morgan fingerprint density at radius 1 is 1.31 bits per heavy atom. The number of para-hydroxylation sites is 1. The smallest absolute Gasteiger partial charge is 0.293 e. The van der Waals surface area contributed by atoms with Gasteiger partial charge in [0.15, 0.2) is 0 Å². The maximum absolute atomic E-state index is 12.8. The van der Waals surface area contributed by atoms with Gasteiger partial charge in [0.25, 0.3) is 5.91 Å². The largest absolute Gasteiger partial charge is 0.378 e. The first-order valence-electron chi connectivity index (χ1n) is 9.05. The molecule has 1 aliphatic rings. The lowest BCUT2D eigenvalue weighted by molar-refractivity contribution is -0.00256. The van der Waals surface area contributed by atoms with Gasteiger partial charge in [0.2, 0.25) is 5.82 Å². The number of nitrogens with zero attached hydrogens (tertiary/aromatic N) is 4. The van der Waals surface area contributed by atoms with E-state index in [2.05, 4.69) is 23.9 Å². The number of ether oxygens (including phenoxy) is 1. The van der Waals surface area contributed by atoms with Gasteiger partial charge in [0, 0.05) is 19.7 Å². The molecule has 1 amide bonds. The number of hydrogen-bond donors (Lipinski definition) is 0. The first-order valence-corrected chi connectivity index (χ1v) is 9.43. The molecule has 7 heteroatoms. The highest BCUT2D eigenvalue weighted by Gasteiger charge is 2.27. The lowest BCUT2D eigenvalue weighted by atomic mass is 10.1. The molecule has 0 unspecified atom stereocenters. The van der Waals surface area contributed by atoms with Crippen molar-refractivity contribution in [3.63, 3.8) is 0 Å². The fourth-order valence-corrected chi connectivity index (χ4v) is 3.24. The van der Waals surface area contributed by atoms with Gasteiger partial charge in [-0.25, -0.2) is 9.67 Å². The third kappa shape index (κ3) is 4.24. The molecule has 3 rings (SSSR count). The number of halogens is 1. The molecular weight excluding hydrogens is 352 g/mol. The molecule has 0 radical (unpaired) electrons. The van der Waals surface area contributed by atoms with Crippen LogP contribution in [-0.2, 0) is 4.74 Å². The average Bonchev–Trinajstić information content (AvgIpc) is 3.02. The van der Waals surface area contributed by atoms with Gasteiger partial charge in [0.05, 0.1) is 16.8 Å². The number of rotatable bonds is 5. The molecule has 0 bridgehead atoms. The molecule has 6 nitrogen and oxygen atoms in total. The zero-order valence-corrected chi connectivity index (χ0v) is 16.2. The van der Waals surface area contributed by atoms with E-state index in [4.69, 9.17) is 16.3 Å². The molecule has 0 saturated carbocycles. The van der Waals surface area contributed by atoms with Crippen LogP contribution in [0.5, 0.6) is 0 Å². The predicted molar refractivity (Wildman–Crippen MR) is 101 cm³/mol. The van der Waals surface area contributed by atoms with E-state index < -0.39 is 0 Å². The molecule has 0 aliphatic carbocycles. The summed E-state index contributed by atoms with van der Waals surface area (Å²) >= 11 is 6.24. The monoisotopic (exact) mass is 376 g/mol. The van der Waals surface area contributed by atoms with Gasteiger partial charge in [-0.3, -0.25) is 4.79 Å². The summed E-state index contributed by atoms with van der Waals surface area (Å²) in [6.45, 7) is 8.20. The summed E-state index contributed by atoms with van der Waals surface area (Å²) in [4.78, 5) is 18.9. The average molecular weight is 377 g/mol. The number of aromatic nitrogens is 3. The van der Waals surface area contributed by atoms with Gasteiger partial charge in [-0.05, 0) is 37.8 Å². The quantitative estimate of drug-likeness (QED) is 0.801. The second-order valence-electron chi connectivity index (χ2n) is 7.06. The topological polar surface area (TPSA) is 60.3 Å². The van der Waals surface area contributed by atoms with Gasteiger partial charge >= 0.3 is 0 Å². The Balaban J connectivity index is 1.66. The molecule has 1 aliphatic heterocycles. The normalized spacial score (nSPS) is 15.7. The molecule has 1 fully saturated rings. The Bertz CT molecular complexity index is 767. The van der Waals surface area contributed by atoms with Crippen LogP contribution in [0.2, 0.25) is 5.02 Å². The van der Waals surface area contributed by atoms with Crippen molar-refractivity contribution >= 4 is 17.5 Å². The summed E-state index contributed by atoms with van der Waals surface area (Å²) in [5.41, 5.74) is 0.721. The van der Waals surface area contributed by atoms with Crippen LogP contribution in [0.25, 0.3) is 5.69 Å². The van der Waals surface area contributed by atoms with Crippen molar-refractivity contribution in [3.05, 3.63) is 40.9 Å². The molecule has 2 heterocycles. The summed E-state index contributed by atoms with van der Waals surface area (Å²) in [5.74, 6) is 1.23. The molecule has 1 saturated heterocycles. The maximum Gasteiger partial charge on any atom is 0.293 e. The van der Waals surface area contributed by atoms with Gasteiger partial charge in [-0.15, -0.1) is 5.10 Å². The van der Waals surface area contributed by atoms with Gasteiger partial charge in [-0.2, -0.15) is 0 Å². The van der Waals surface area contributed by atoms with Gasteiger partial charge in [-0.1, -0.05) is 37.6 Å². The molecule has 0 N–H and O–H groups in total. The molecule has 26 heavy (non-hydrogen) atoms. The van der Waals surface area contributed by atoms with E-state index in [0.29, 0.717) is 29.9 Å². The lowest BCUT2D eigenvalue weighted by Crippen LogP contribution is -2.41. The van der Waals surface area contributed by atoms with E-state index >= 15 is 0 Å². The summed E-state index contributed by atoms with van der Waals surface area (Å²) in [6.07, 6.45) is 1.93. The third-order valence-electron chi connectivity index (χ3n) is 4.44. The molecular formula is C19H25ClN4O2. The van der Waals surface area contributed by atoms with Crippen molar-refractivity contribution in [2.24, 2.45) is 5.92 Å². The number of amides is 1. The van der Waals surface area contributed by atoms with Crippen LogP contribution in [0.15, 0.2) is 24.3 Å². The Hall–Kier alpha value is -1.92. The predicted octanol–water partition coefficient (Wildman–Crippen LogP) is 3.51. The van der Waals surface area contributed by atoms with E-state index in [9.17, 15) is 4.79 Å². The van der Waals surface area contributed by atoms with E-state index in [1.807, 2.05) is 25.1 Å². The molecule has 1 aromatic carbocycles. The minimum Gasteiger partial charge on any atom is -0.378 e. The number of hydrogen-bond acceptors (Lipinski definition) is 4. The highest BCUT2D eigenvalue weighted by atomic mass is 35.5. The summed E-state index contributed by atoms with van der Waals surface area (Å²) in [6, 6.07) is 7.39. The Kier molecular flexibility index (Phi) is 5.94. The van der Waals surface area contributed by atoms with Crippen LogP contribution in [0.1, 0.15) is 43.1 Å². The highest BCUT2D eigenvalue weighted by Crippen LogP contribution is 2.21. The van der Waals surface area contributed by atoms with Crippen LogP contribution in [0.4, 0.5) is 0 Å². The molecule has 140 valence electrons. The van der Waals surface area contributed by atoms with Gasteiger partial charge in [0.1, 0.15) is 5.82 Å². The Labute approximate surface area is 159 Å². The van der Waals surface area contributed by atoms with Crippen LogP contribution in [0, 0.1) is 12.8 Å². The number of aryl methyl sites for hydroxylation is 1. The van der Waals surface area contributed by atoms with Crippen molar-refractivity contribution in [2.45, 2.75) is 39.7 Å². The van der Waals surface area contributed by atoms with Gasteiger partial charge < -0.3 is 9.64 Å². The van der Waals surface area contributed by atoms with Crippen molar-refractivity contribution in [1.82, 2.24) is 19.7 Å². The highest BCUT2D eigenvalue weighted by molar-refractivity contribution is 6.32. The summed E-state index contributed by atoms with van der Waals surface area (Å²) < 4.78 is 7.50. The standard InChI is InChI=1S/C19H25ClN4O2/c1-13(2)12-26-15-8-10-23(11-9-15)19(25)18-21-14(3)24(22-18)17-7-5-4-6-16(17)20/h4-7,13,15H,8-12H2,1-3H3. The van der Waals surface area contributed by atoms with Crippen molar-refractivity contribution in [3.8, 4) is 5.69 Å². The second kappa shape index (κ2) is 8.18. The van der Waals surface area contributed by atoms with Crippen LogP contribution < -0.4 is 0 Å². The van der Waals surface area contributed by atoms with Crippen LogP contribution >= 0.6 is 11.6 Å². The number of piperidine rings is 1. The minimum atomic E-state index is -0.138. The number of carbonyl (C=O) groups is 1. The maximum atomic E-state index is 12.8. The third-order valence-corrected chi connectivity index (χ3v) is 4.75. The first kappa shape index (κ1) is 18.9. The Morgan fingerprint density at radius 2 is 2.00 bits per heavy atom. The van der Waals surface area contributed by atoms with Crippen molar-refractivity contribution < 1.29 is 9.53 Å². The molecule has 0 atom stereocenters. The number of carbonyl (C=O) groups excluding carboxylic acids is 1. The van der Waals surface area contributed by atoms with Crippen molar-refractivity contribution in [1.29, 1.82) is 0 Å². The van der Waals surface area contributed by atoms with E-state index in [1.54, 1.807) is 15.6 Å². The fourth-order valence-electron chi connectivity index (χ4n) is 3.03. The number of benzene rings is 1. The van der Waals surface area contributed by atoms with Crippen LogP contribution in [-0.4, -0.2) is 51.4 Å². The van der Waals surface area contributed by atoms with E-state index in [0.717, 1.165) is 25.1 Å². The van der Waals surface area contributed by atoms with Crippen molar-refractivity contribution in [2.75, 3.05) is 19.7 Å². The van der Waals surface area contributed by atoms with E-state index in [-0.39, 0.29) is 17.8 Å². The summed E-state index contributed by atoms with van der Waals surface area (Å²) in [7, 11) is 0. The van der Waals surface area contributed by atoms with Crippen LogP contribution in [0.3, 0.4) is 0 Å². The molecule has 1 aromatic heterocycles. The summed E-state index contributed by atoms with van der Waals surface area (Å²) in [5, 5.41) is 4.97. The SMILES string of the molecule is Cc1nc(C(=O)N2CCC(OCC(C)C)CC2)nn1-c1ccccc1Cl. The first-order chi connectivity index (χ1) is 12.5. The minimum absolute atomic E-state index is 0.138. The molecule has 2 aromatic rings. The fraction of sp³-hybridized carbons (Fsp3) is 0.526. The number of likely N-dealkylation sites (tertiary alicyclic amines) is 1. The zero-order valence-electron chi connectivity index (χ0n) is 15.5. The second-order valence-corrected chi connectivity index (χ2v) is 7.47. The zero-order chi connectivity index (χ0) is 18.7. The Morgan fingerprint density at radius 3 is 2.65 bits per heavy atom. The van der Waals surface area contributed by atoms with E-state index in [1.165, 1.54) is 0 Å². The lowest BCUT2D eigenvalue weighted by Gasteiger charge is -2.31. The molecule has 0 spiro atoms.